The fourth-order valence-electron chi connectivity index (χ4n) is 1.03. The summed E-state index contributed by atoms with van der Waals surface area (Å²) in [7, 11) is 6.16. The third kappa shape index (κ3) is 11.1. The summed E-state index contributed by atoms with van der Waals surface area (Å²) in [6, 6.07) is 0. The number of unbranched alkanes of at least 4 members (excludes halogenated alkanes) is 2. The van der Waals surface area contributed by atoms with Crippen LogP contribution in [0.5, 0.6) is 0 Å². The van der Waals surface area contributed by atoms with Gasteiger partial charge in [0.15, 0.2) is 6.67 Å². The second kappa shape index (κ2) is 7.46. The summed E-state index contributed by atoms with van der Waals surface area (Å²) in [6.45, 7) is 2.85. The maximum Gasteiger partial charge on any atom is 0.228 e. The van der Waals surface area contributed by atoms with Crippen molar-refractivity contribution in [2.45, 2.75) is 32.6 Å². The van der Waals surface area contributed by atoms with Crippen LogP contribution in [0.2, 0.25) is 0 Å². The molecule has 15 heavy (non-hydrogen) atoms. The van der Waals surface area contributed by atoms with Gasteiger partial charge < -0.3 is 9.80 Å². The number of hydrogen-bond acceptors (Lipinski definition) is 1. The maximum atomic E-state index is 11.4. The molecule has 0 atom stereocenters. The van der Waals surface area contributed by atoms with Crippen LogP contribution in [-0.2, 0) is 4.79 Å². The Morgan fingerprint density at radius 3 is 2.47 bits per heavy atom. The van der Waals surface area contributed by atoms with Gasteiger partial charge in [-0.05, 0) is 6.42 Å². The van der Waals surface area contributed by atoms with Crippen LogP contribution in [0.1, 0.15) is 32.6 Å². The van der Waals surface area contributed by atoms with Crippen LogP contribution >= 0.6 is 0 Å². The molecule has 1 N–H and O–H groups in total. The standard InChI is InChI=1S/C12H24N2O/c1-5-6-7-8-9-10-12(15)13-11-14(2,3)4/h8-9H,5-7,10-11H2,1-4H3/p+1/b9-8+. The van der Waals surface area contributed by atoms with E-state index in [2.05, 4.69) is 39.5 Å². The molecule has 0 aliphatic rings. The van der Waals surface area contributed by atoms with Gasteiger partial charge in [0.25, 0.3) is 0 Å². The fourth-order valence-corrected chi connectivity index (χ4v) is 1.03. The first-order chi connectivity index (χ1) is 6.95. The molecule has 0 aliphatic heterocycles. The Morgan fingerprint density at radius 2 is 1.93 bits per heavy atom. The molecule has 0 bridgehead atoms. The van der Waals surface area contributed by atoms with E-state index in [9.17, 15) is 4.79 Å². The van der Waals surface area contributed by atoms with Gasteiger partial charge in [-0.15, -0.1) is 0 Å². The minimum absolute atomic E-state index is 0.107. The van der Waals surface area contributed by atoms with Crippen molar-refractivity contribution in [3.8, 4) is 0 Å². The van der Waals surface area contributed by atoms with Gasteiger partial charge in [-0.1, -0.05) is 31.9 Å². The van der Waals surface area contributed by atoms with Crippen molar-refractivity contribution >= 4 is 5.91 Å². The van der Waals surface area contributed by atoms with Crippen LogP contribution in [0, 0.1) is 0 Å². The minimum atomic E-state index is 0.107. The molecule has 3 heteroatoms. The highest BCUT2D eigenvalue weighted by Crippen LogP contribution is 1.96. The van der Waals surface area contributed by atoms with Crippen LogP contribution in [0.3, 0.4) is 0 Å². The highest BCUT2D eigenvalue weighted by Gasteiger charge is 2.07. The van der Waals surface area contributed by atoms with Crippen LogP contribution in [-0.4, -0.2) is 38.2 Å². The second-order valence-electron chi connectivity index (χ2n) is 4.87. The van der Waals surface area contributed by atoms with Crippen molar-refractivity contribution in [3.05, 3.63) is 12.2 Å². The van der Waals surface area contributed by atoms with Gasteiger partial charge in [0.1, 0.15) is 0 Å². The third-order valence-corrected chi connectivity index (χ3v) is 1.94. The van der Waals surface area contributed by atoms with Crippen molar-refractivity contribution in [3.63, 3.8) is 0 Å². The molecule has 0 rings (SSSR count). The molecular weight excluding hydrogens is 188 g/mol. The molecule has 0 aromatic carbocycles. The van der Waals surface area contributed by atoms with Crippen molar-refractivity contribution in [1.29, 1.82) is 0 Å². The van der Waals surface area contributed by atoms with Crippen molar-refractivity contribution in [2.75, 3.05) is 27.8 Å². The van der Waals surface area contributed by atoms with Crippen molar-refractivity contribution < 1.29 is 9.28 Å². The number of carbonyl (C=O) groups is 1. The van der Waals surface area contributed by atoms with E-state index >= 15 is 0 Å². The summed E-state index contributed by atoms with van der Waals surface area (Å²) in [5.74, 6) is 0.107. The van der Waals surface area contributed by atoms with E-state index in [0.717, 1.165) is 10.9 Å². The molecule has 0 aromatic rings. The highest BCUT2D eigenvalue weighted by atomic mass is 16.1. The van der Waals surface area contributed by atoms with E-state index in [1.165, 1.54) is 12.8 Å². The van der Waals surface area contributed by atoms with Gasteiger partial charge in [-0.2, -0.15) is 0 Å². The van der Waals surface area contributed by atoms with E-state index in [1.54, 1.807) is 0 Å². The van der Waals surface area contributed by atoms with Gasteiger partial charge in [0.05, 0.1) is 21.1 Å². The lowest BCUT2D eigenvalue weighted by Crippen LogP contribution is -2.44. The maximum absolute atomic E-state index is 11.4. The zero-order chi connectivity index (χ0) is 11.7. The van der Waals surface area contributed by atoms with Crippen LogP contribution < -0.4 is 5.32 Å². The molecule has 0 saturated carbocycles. The Kier molecular flexibility index (Phi) is 7.05. The molecule has 88 valence electrons. The van der Waals surface area contributed by atoms with Crippen molar-refractivity contribution in [2.24, 2.45) is 0 Å². The molecule has 0 radical (unpaired) electrons. The van der Waals surface area contributed by atoms with Gasteiger partial charge in [0.2, 0.25) is 5.91 Å². The quantitative estimate of drug-likeness (QED) is 0.298. The Morgan fingerprint density at radius 1 is 1.27 bits per heavy atom. The average Bonchev–Trinajstić information content (AvgIpc) is 2.13. The lowest BCUT2D eigenvalue weighted by Gasteiger charge is -2.23. The zero-order valence-electron chi connectivity index (χ0n) is 10.5. The number of rotatable bonds is 7. The van der Waals surface area contributed by atoms with E-state index in [0.29, 0.717) is 13.1 Å². The summed E-state index contributed by atoms with van der Waals surface area (Å²) in [5, 5.41) is 2.90. The molecule has 0 unspecified atom stereocenters. The van der Waals surface area contributed by atoms with Gasteiger partial charge >= 0.3 is 0 Å². The Labute approximate surface area is 93.7 Å². The Bertz CT molecular complexity index is 204. The number of quaternary nitrogens is 1. The first-order valence-corrected chi connectivity index (χ1v) is 5.68. The minimum Gasteiger partial charge on any atom is -0.314 e. The SMILES string of the molecule is CCCC/C=C/CC(=O)NC[N+](C)(C)C. The zero-order valence-corrected chi connectivity index (χ0v) is 10.5. The smallest absolute Gasteiger partial charge is 0.228 e. The Hall–Kier alpha value is -0.830. The van der Waals surface area contributed by atoms with Crippen molar-refractivity contribution in [1.82, 2.24) is 5.32 Å². The van der Waals surface area contributed by atoms with Gasteiger partial charge in [-0.25, -0.2) is 0 Å². The number of nitrogens with one attached hydrogen (secondary N) is 1. The lowest BCUT2D eigenvalue weighted by molar-refractivity contribution is -0.872. The summed E-state index contributed by atoms with van der Waals surface area (Å²) in [6.07, 6.45) is 8.05. The second-order valence-corrected chi connectivity index (χ2v) is 4.87. The summed E-state index contributed by atoms with van der Waals surface area (Å²) < 4.78 is 0.755. The summed E-state index contributed by atoms with van der Waals surface area (Å²) in [4.78, 5) is 11.4. The molecule has 3 nitrogen and oxygen atoms in total. The molecule has 0 aromatic heterocycles. The number of nitrogens with zero attached hydrogens (tertiary/aromatic N) is 1. The lowest BCUT2D eigenvalue weighted by atomic mass is 10.2. The molecule has 0 fully saturated rings. The van der Waals surface area contributed by atoms with Crippen LogP contribution in [0.4, 0.5) is 0 Å². The predicted octanol–water partition coefficient (Wildman–Crippen LogP) is 1.90. The Balaban J connectivity index is 3.53. The number of amides is 1. The third-order valence-electron chi connectivity index (χ3n) is 1.94. The first-order valence-electron chi connectivity index (χ1n) is 5.68. The normalized spacial score (nSPS) is 12.0. The largest absolute Gasteiger partial charge is 0.314 e. The predicted molar refractivity (Wildman–Crippen MR) is 64.3 cm³/mol. The monoisotopic (exact) mass is 213 g/mol. The van der Waals surface area contributed by atoms with Gasteiger partial charge in [0, 0.05) is 6.42 Å². The van der Waals surface area contributed by atoms with E-state index in [-0.39, 0.29) is 5.91 Å². The van der Waals surface area contributed by atoms with E-state index in [4.69, 9.17) is 0 Å². The molecule has 1 amide bonds. The number of carbonyl (C=O) groups excluding carboxylic acids is 1. The topological polar surface area (TPSA) is 29.1 Å². The molecule has 0 spiro atoms. The number of allylic oxidation sites excluding steroid dienone is 1. The van der Waals surface area contributed by atoms with Crippen LogP contribution in [0.15, 0.2) is 12.2 Å². The summed E-state index contributed by atoms with van der Waals surface area (Å²) in [5.41, 5.74) is 0. The van der Waals surface area contributed by atoms with Crippen LogP contribution in [0.25, 0.3) is 0 Å². The fraction of sp³-hybridized carbons (Fsp3) is 0.750. The molecule has 0 aliphatic carbocycles. The van der Waals surface area contributed by atoms with E-state index < -0.39 is 0 Å². The molecular formula is C12H25N2O+. The summed E-state index contributed by atoms with van der Waals surface area (Å²) >= 11 is 0. The average molecular weight is 213 g/mol. The number of hydrogen-bond donors (Lipinski definition) is 1. The highest BCUT2D eigenvalue weighted by molar-refractivity contribution is 5.77. The van der Waals surface area contributed by atoms with Gasteiger partial charge in [-0.3, -0.25) is 4.79 Å². The van der Waals surface area contributed by atoms with E-state index in [1.807, 2.05) is 6.08 Å². The molecule has 0 heterocycles. The molecule has 0 saturated heterocycles. The first kappa shape index (κ1) is 14.2.